The number of amides is 1. The third-order valence-corrected chi connectivity index (χ3v) is 4.68. The molecule has 2 heterocycles. The third kappa shape index (κ3) is 4.27. The van der Waals surface area contributed by atoms with E-state index in [1.54, 1.807) is 6.07 Å². The van der Waals surface area contributed by atoms with E-state index < -0.39 is 17.8 Å². The molecular formula is C19H18F3N5O2. The summed E-state index contributed by atoms with van der Waals surface area (Å²) in [4.78, 5) is 19.3. The van der Waals surface area contributed by atoms with Gasteiger partial charge in [0.05, 0.1) is 24.2 Å². The topological polar surface area (TPSA) is 73.5 Å². The number of nitrogens with one attached hydrogen (secondary N) is 2. The Morgan fingerprint density at radius 3 is 2.59 bits per heavy atom. The second-order valence-electron chi connectivity index (χ2n) is 6.59. The Balaban J connectivity index is 1.32. The van der Waals surface area contributed by atoms with Crippen molar-refractivity contribution in [3.8, 4) is 0 Å². The number of piperazine rings is 1. The number of fused-ring (bicyclic) bond motifs is 1. The summed E-state index contributed by atoms with van der Waals surface area (Å²) in [5.74, 6) is 0.369. The summed E-state index contributed by atoms with van der Waals surface area (Å²) in [5, 5.41) is 11.7. The lowest BCUT2D eigenvalue weighted by atomic mass is 10.1. The van der Waals surface area contributed by atoms with Gasteiger partial charge in [0.25, 0.3) is 0 Å². The number of hydrogen-bond donors (Lipinski definition) is 2. The number of aromatic nitrogens is 2. The fourth-order valence-electron chi connectivity index (χ4n) is 3.21. The van der Waals surface area contributed by atoms with Crippen LogP contribution in [0.1, 0.15) is 5.56 Å². The fourth-order valence-corrected chi connectivity index (χ4v) is 3.21. The minimum Gasteiger partial charge on any atom is -0.369 e. The Bertz CT molecular complexity index is 1010. The molecule has 0 bridgehead atoms. The van der Waals surface area contributed by atoms with E-state index in [4.69, 9.17) is 4.84 Å². The van der Waals surface area contributed by atoms with Crippen molar-refractivity contribution in [2.45, 2.75) is 6.18 Å². The van der Waals surface area contributed by atoms with Gasteiger partial charge in [-0.3, -0.25) is 10.4 Å². The van der Waals surface area contributed by atoms with E-state index in [1.807, 2.05) is 29.2 Å². The van der Waals surface area contributed by atoms with Gasteiger partial charge in [-0.25, -0.2) is 4.79 Å². The summed E-state index contributed by atoms with van der Waals surface area (Å²) >= 11 is 0. The zero-order valence-electron chi connectivity index (χ0n) is 15.2. The normalized spacial score (nSPS) is 15.5. The monoisotopic (exact) mass is 405 g/mol. The van der Waals surface area contributed by atoms with Crippen molar-refractivity contribution in [3.63, 3.8) is 0 Å². The molecule has 0 unspecified atom stereocenters. The van der Waals surface area contributed by atoms with Crippen LogP contribution in [-0.2, 0) is 11.0 Å². The van der Waals surface area contributed by atoms with E-state index in [0.29, 0.717) is 37.7 Å². The molecule has 1 aromatic heterocycles. The number of para-hydroxylation sites is 1. The first-order valence-corrected chi connectivity index (χ1v) is 8.99. The first-order chi connectivity index (χ1) is 13.9. The van der Waals surface area contributed by atoms with Gasteiger partial charge in [-0.1, -0.05) is 18.2 Å². The Morgan fingerprint density at radius 2 is 1.83 bits per heavy atom. The lowest BCUT2D eigenvalue weighted by Gasteiger charge is -2.34. The van der Waals surface area contributed by atoms with E-state index in [-0.39, 0.29) is 0 Å². The second kappa shape index (κ2) is 7.63. The van der Waals surface area contributed by atoms with Gasteiger partial charge in [0, 0.05) is 24.2 Å². The molecule has 0 radical (unpaired) electrons. The van der Waals surface area contributed by atoms with Crippen molar-refractivity contribution in [3.05, 3.63) is 54.1 Å². The zero-order valence-corrected chi connectivity index (χ0v) is 15.2. The zero-order chi connectivity index (χ0) is 20.4. The second-order valence-corrected chi connectivity index (χ2v) is 6.59. The van der Waals surface area contributed by atoms with Crippen molar-refractivity contribution >= 4 is 28.5 Å². The van der Waals surface area contributed by atoms with Crippen molar-refractivity contribution < 1.29 is 22.8 Å². The van der Waals surface area contributed by atoms with Crippen molar-refractivity contribution in [1.29, 1.82) is 0 Å². The predicted molar refractivity (Wildman–Crippen MR) is 101 cm³/mol. The maximum atomic E-state index is 12.9. The molecule has 7 nitrogen and oxygen atoms in total. The number of rotatable bonds is 3. The number of carbonyl (C=O) groups is 1. The van der Waals surface area contributed by atoms with Gasteiger partial charge in [0.15, 0.2) is 5.82 Å². The number of benzene rings is 2. The molecule has 0 atom stereocenters. The van der Waals surface area contributed by atoms with Gasteiger partial charge in [-0.05, 0) is 30.3 Å². The highest BCUT2D eigenvalue weighted by Crippen LogP contribution is 2.32. The summed E-state index contributed by atoms with van der Waals surface area (Å²) in [6, 6.07) is 12.6. The van der Waals surface area contributed by atoms with Gasteiger partial charge < -0.3 is 9.74 Å². The van der Waals surface area contributed by atoms with E-state index in [9.17, 15) is 18.0 Å². The smallest absolute Gasteiger partial charge is 0.369 e. The summed E-state index contributed by atoms with van der Waals surface area (Å²) in [5.41, 5.74) is 0.601. The minimum absolute atomic E-state index is 0.366. The van der Waals surface area contributed by atoms with Crippen molar-refractivity contribution in [1.82, 2.24) is 15.3 Å². The molecule has 1 amide bonds. The van der Waals surface area contributed by atoms with E-state index in [2.05, 4.69) is 15.5 Å². The number of aromatic amines is 1. The molecule has 3 aromatic rings. The van der Waals surface area contributed by atoms with Crippen LogP contribution in [0, 0.1) is 0 Å². The molecule has 1 aliphatic heterocycles. The van der Waals surface area contributed by atoms with Gasteiger partial charge in [-0.15, -0.1) is 5.06 Å². The van der Waals surface area contributed by atoms with E-state index in [0.717, 1.165) is 23.0 Å². The maximum absolute atomic E-state index is 12.9. The highest BCUT2D eigenvalue weighted by molar-refractivity contribution is 5.96. The fraction of sp³-hybridized carbons (Fsp3) is 0.263. The SMILES string of the molecule is O=C(Nc1n[nH]c2ccccc12)ON1CCN(c2cccc(C(F)(F)F)c2)CC1. The maximum Gasteiger partial charge on any atom is 0.432 e. The van der Waals surface area contributed by atoms with Gasteiger partial charge in [0.1, 0.15) is 0 Å². The van der Waals surface area contributed by atoms with Crippen LogP contribution < -0.4 is 10.2 Å². The molecule has 1 fully saturated rings. The molecular weight excluding hydrogens is 387 g/mol. The van der Waals surface area contributed by atoms with Crippen LogP contribution in [0.15, 0.2) is 48.5 Å². The highest BCUT2D eigenvalue weighted by Gasteiger charge is 2.31. The van der Waals surface area contributed by atoms with Gasteiger partial charge in [0.2, 0.25) is 0 Å². The number of carbonyl (C=O) groups excluding carboxylic acids is 1. The van der Waals surface area contributed by atoms with Crippen LogP contribution >= 0.6 is 0 Å². The summed E-state index contributed by atoms with van der Waals surface area (Å²) in [6.45, 7) is 1.59. The minimum atomic E-state index is -4.38. The number of H-pyrrole nitrogens is 1. The quantitative estimate of drug-likeness (QED) is 0.692. The number of hydroxylamine groups is 2. The molecule has 152 valence electrons. The Labute approximate surface area is 164 Å². The molecule has 0 saturated carbocycles. The predicted octanol–water partition coefficient (Wildman–Crippen LogP) is 3.87. The van der Waals surface area contributed by atoms with E-state index in [1.165, 1.54) is 11.1 Å². The lowest BCUT2D eigenvalue weighted by molar-refractivity contribution is -0.137. The average molecular weight is 405 g/mol. The molecule has 0 aliphatic carbocycles. The van der Waals surface area contributed by atoms with Gasteiger partial charge >= 0.3 is 12.3 Å². The first-order valence-electron chi connectivity index (χ1n) is 8.99. The Hall–Kier alpha value is -3.27. The van der Waals surface area contributed by atoms with Crippen LogP contribution in [0.3, 0.4) is 0 Å². The highest BCUT2D eigenvalue weighted by atomic mass is 19.4. The average Bonchev–Trinajstić information content (AvgIpc) is 3.11. The molecule has 1 aliphatic rings. The van der Waals surface area contributed by atoms with Crippen LogP contribution in [0.5, 0.6) is 0 Å². The third-order valence-electron chi connectivity index (χ3n) is 4.68. The van der Waals surface area contributed by atoms with E-state index >= 15 is 0 Å². The number of halogens is 3. The van der Waals surface area contributed by atoms with Crippen molar-refractivity contribution in [2.24, 2.45) is 0 Å². The summed E-state index contributed by atoms with van der Waals surface area (Å²) < 4.78 is 38.7. The number of hydrogen-bond acceptors (Lipinski definition) is 5. The van der Waals surface area contributed by atoms with Crippen LogP contribution in [0.4, 0.5) is 29.5 Å². The van der Waals surface area contributed by atoms with Crippen LogP contribution in [-0.4, -0.2) is 47.5 Å². The molecule has 1 saturated heterocycles. The standard InChI is InChI=1S/C19H18F3N5O2/c20-19(21,22)13-4-3-5-14(12-13)26-8-10-27(11-9-26)29-18(28)23-17-15-6-1-2-7-16(15)24-25-17/h1-7,12H,8-11H2,(H2,23,24,25,28). The number of alkyl halides is 3. The lowest BCUT2D eigenvalue weighted by Crippen LogP contribution is -2.47. The Kier molecular flexibility index (Phi) is 5.01. The van der Waals surface area contributed by atoms with Crippen LogP contribution in [0.2, 0.25) is 0 Å². The molecule has 10 heteroatoms. The molecule has 29 heavy (non-hydrogen) atoms. The summed E-state index contributed by atoms with van der Waals surface area (Å²) in [7, 11) is 0. The largest absolute Gasteiger partial charge is 0.432 e. The molecule has 4 rings (SSSR count). The number of anilines is 2. The van der Waals surface area contributed by atoms with Crippen LogP contribution in [0.25, 0.3) is 10.9 Å². The first kappa shape index (κ1) is 19.1. The van der Waals surface area contributed by atoms with Gasteiger partial charge in [-0.2, -0.15) is 18.3 Å². The number of nitrogens with zero attached hydrogens (tertiary/aromatic N) is 3. The Morgan fingerprint density at radius 1 is 1.07 bits per heavy atom. The molecule has 0 spiro atoms. The summed E-state index contributed by atoms with van der Waals surface area (Å²) in [6.07, 6.45) is -5.05. The molecule has 2 aromatic carbocycles. The van der Waals surface area contributed by atoms with Crippen molar-refractivity contribution in [2.75, 3.05) is 36.4 Å². The molecule has 2 N–H and O–H groups in total.